The first-order chi connectivity index (χ1) is 8.76. The molecule has 2 nitrogen and oxygen atoms in total. The highest BCUT2D eigenvalue weighted by Gasteiger charge is 2.03. The summed E-state index contributed by atoms with van der Waals surface area (Å²) in [5.74, 6) is 0.916. The van der Waals surface area contributed by atoms with Crippen molar-refractivity contribution in [1.82, 2.24) is 4.90 Å². The lowest BCUT2D eigenvalue weighted by Crippen LogP contribution is -2.21. The highest BCUT2D eigenvalue weighted by molar-refractivity contribution is 5.84. The molecule has 0 spiro atoms. The Morgan fingerprint density at radius 2 is 1.61 bits per heavy atom. The summed E-state index contributed by atoms with van der Waals surface area (Å²) in [5, 5.41) is 2.51. The number of rotatable bonds is 5. The molecule has 96 valence electrons. The van der Waals surface area contributed by atoms with Crippen molar-refractivity contribution in [1.29, 1.82) is 0 Å². The van der Waals surface area contributed by atoms with Crippen LogP contribution >= 0.6 is 0 Å². The van der Waals surface area contributed by atoms with Crippen molar-refractivity contribution in [2.75, 3.05) is 20.2 Å². The largest absolute Gasteiger partial charge is 0.497 e. The highest BCUT2D eigenvalue weighted by Crippen LogP contribution is 2.22. The Hall–Kier alpha value is -1.54. The second-order valence-electron chi connectivity index (χ2n) is 4.51. The van der Waals surface area contributed by atoms with Gasteiger partial charge in [0.2, 0.25) is 0 Å². The van der Waals surface area contributed by atoms with Gasteiger partial charge in [-0.1, -0.05) is 32.0 Å². The summed E-state index contributed by atoms with van der Waals surface area (Å²) in [4.78, 5) is 2.42. The van der Waals surface area contributed by atoms with Crippen LogP contribution in [-0.2, 0) is 6.54 Å². The zero-order valence-corrected chi connectivity index (χ0v) is 11.4. The molecule has 0 amide bonds. The molecule has 0 N–H and O–H groups in total. The van der Waals surface area contributed by atoms with Gasteiger partial charge in [0.25, 0.3) is 0 Å². The van der Waals surface area contributed by atoms with Crippen LogP contribution in [0.25, 0.3) is 10.8 Å². The minimum Gasteiger partial charge on any atom is -0.497 e. The Morgan fingerprint density at radius 1 is 0.944 bits per heavy atom. The maximum Gasteiger partial charge on any atom is 0.119 e. The molecule has 0 aliphatic rings. The standard InChI is InChI=1S/C16H21NO/c1-4-17(5-2)12-13-6-7-15-11-16(18-3)9-8-14(15)10-13/h6-11H,4-5,12H2,1-3H3. The van der Waals surface area contributed by atoms with Crippen LogP contribution in [-0.4, -0.2) is 25.1 Å². The van der Waals surface area contributed by atoms with Gasteiger partial charge < -0.3 is 4.74 Å². The minimum atomic E-state index is 0.916. The average molecular weight is 243 g/mol. The minimum absolute atomic E-state index is 0.916. The molecular weight excluding hydrogens is 222 g/mol. The second-order valence-corrected chi connectivity index (χ2v) is 4.51. The van der Waals surface area contributed by atoms with E-state index in [0.717, 1.165) is 25.4 Å². The van der Waals surface area contributed by atoms with Crippen LogP contribution in [0, 0.1) is 0 Å². The summed E-state index contributed by atoms with van der Waals surface area (Å²) in [7, 11) is 1.70. The second kappa shape index (κ2) is 5.87. The summed E-state index contributed by atoms with van der Waals surface area (Å²) >= 11 is 0. The van der Waals surface area contributed by atoms with E-state index in [4.69, 9.17) is 4.74 Å². The Labute approximate surface area is 109 Å². The molecule has 0 saturated heterocycles. The summed E-state index contributed by atoms with van der Waals surface area (Å²) < 4.78 is 5.24. The fourth-order valence-corrected chi connectivity index (χ4v) is 2.20. The Morgan fingerprint density at radius 3 is 2.28 bits per heavy atom. The lowest BCUT2D eigenvalue weighted by Gasteiger charge is -2.18. The molecule has 2 aromatic carbocycles. The van der Waals surface area contributed by atoms with Crippen molar-refractivity contribution in [2.45, 2.75) is 20.4 Å². The van der Waals surface area contributed by atoms with E-state index < -0.39 is 0 Å². The summed E-state index contributed by atoms with van der Waals surface area (Å²) in [5.41, 5.74) is 1.37. The van der Waals surface area contributed by atoms with Crippen LogP contribution in [0.15, 0.2) is 36.4 Å². The number of fused-ring (bicyclic) bond motifs is 1. The van der Waals surface area contributed by atoms with Gasteiger partial charge in [0.15, 0.2) is 0 Å². The molecule has 2 aromatic rings. The molecule has 0 atom stereocenters. The van der Waals surface area contributed by atoms with Gasteiger partial charge in [0.1, 0.15) is 5.75 Å². The molecule has 0 bridgehead atoms. The number of ether oxygens (including phenoxy) is 1. The Bertz CT molecular complexity index is 517. The van der Waals surface area contributed by atoms with Gasteiger partial charge >= 0.3 is 0 Å². The number of hydrogen-bond donors (Lipinski definition) is 0. The zero-order valence-electron chi connectivity index (χ0n) is 11.4. The maximum absolute atomic E-state index is 5.24. The molecule has 0 fully saturated rings. The van der Waals surface area contributed by atoms with Crippen LogP contribution in [0.2, 0.25) is 0 Å². The SMILES string of the molecule is CCN(CC)Cc1ccc2cc(OC)ccc2c1. The third kappa shape index (κ3) is 2.82. The van der Waals surface area contributed by atoms with Crippen molar-refractivity contribution >= 4 is 10.8 Å². The van der Waals surface area contributed by atoms with Crippen molar-refractivity contribution in [2.24, 2.45) is 0 Å². The normalized spacial score (nSPS) is 11.1. The van der Waals surface area contributed by atoms with Crippen molar-refractivity contribution < 1.29 is 4.74 Å². The topological polar surface area (TPSA) is 12.5 Å². The number of benzene rings is 2. The summed E-state index contributed by atoms with van der Waals surface area (Å²) in [6.45, 7) is 7.62. The van der Waals surface area contributed by atoms with E-state index in [0.29, 0.717) is 0 Å². The molecular formula is C16H21NO. The predicted molar refractivity (Wildman–Crippen MR) is 77.1 cm³/mol. The molecule has 2 heteroatoms. The first-order valence-corrected chi connectivity index (χ1v) is 6.55. The van der Waals surface area contributed by atoms with Crippen LogP contribution < -0.4 is 4.74 Å². The molecule has 0 heterocycles. The number of nitrogens with zero attached hydrogens (tertiary/aromatic N) is 1. The molecule has 0 saturated carbocycles. The zero-order chi connectivity index (χ0) is 13.0. The van der Waals surface area contributed by atoms with E-state index in [1.807, 2.05) is 6.07 Å². The van der Waals surface area contributed by atoms with E-state index in [1.54, 1.807) is 7.11 Å². The van der Waals surface area contributed by atoms with E-state index in [2.05, 4.69) is 49.1 Å². The molecule has 0 aliphatic heterocycles. The first-order valence-electron chi connectivity index (χ1n) is 6.55. The lowest BCUT2D eigenvalue weighted by atomic mass is 10.1. The molecule has 2 rings (SSSR count). The van der Waals surface area contributed by atoms with Crippen molar-refractivity contribution in [3.8, 4) is 5.75 Å². The van der Waals surface area contributed by atoms with Gasteiger partial charge in [-0.15, -0.1) is 0 Å². The smallest absolute Gasteiger partial charge is 0.119 e. The van der Waals surface area contributed by atoms with E-state index in [9.17, 15) is 0 Å². The number of hydrogen-bond acceptors (Lipinski definition) is 2. The average Bonchev–Trinajstić information content (AvgIpc) is 2.44. The monoisotopic (exact) mass is 243 g/mol. The van der Waals surface area contributed by atoms with Gasteiger partial charge in [-0.05, 0) is 47.6 Å². The molecule has 0 aromatic heterocycles. The van der Waals surface area contributed by atoms with Crippen molar-refractivity contribution in [3.63, 3.8) is 0 Å². The van der Waals surface area contributed by atoms with Crippen LogP contribution in [0.4, 0.5) is 0 Å². The van der Waals surface area contributed by atoms with Gasteiger partial charge in [-0.2, -0.15) is 0 Å². The van der Waals surface area contributed by atoms with Crippen LogP contribution in [0.1, 0.15) is 19.4 Å². The van der Waals surface area contributed by atoms with Gasteiger partial charge in [0.05, 0.1) is 7.11 Å². The molecule has 0 unspecified atom stereocenters. The fraction of sp³-hybridized carbons (Fsp3) is 0.375. The highest BCUT2D eigenvalue weighted by atomic mass is 16.5. The third-order valence-electron chi connectivity index (χ3n) is 3.41. The maximum atomic E-state index is 5.24. The van der Waals surface area contributed by atoms with Crippen LogP contribution in [0.3, 0.4) is 0 Å². The Balaban J connectivity index is 2.27. The molecule has 0 radical (unpaired) electrons. The van der Waals surface area contributed by atoms with Gasteiger partial charge in [0, 0.05) is 6.54 Å². The molecule has 0 aliphatic carbocycles. The summed E-state index contributed by atoms with van der Waals surface area (Å²) in [6.07, 6.45) is 0. The van der Waals surface area contributed by atoms with E-state index in [1.165, 1.54) is 16.3 Å². The van der Waals surface area contributed by atoms with Crippen molar-refractivity contribution in [3.05, 3.63) is 42.0 Å². The fourth-order valence-electron chi connectivity index (χ4n) is 2.20. The van der Waals surface area contributed by atoms with E-state index in [-0.39, 0.29) is 0 Å². The summed E-state index contributed by atoms with van der Waals surface area (Å²) in [6, 6.07) is 12.9. The third-order valence-corrected chi connectivity index (χ3v) is 3.41. The van der Waals surface area contributed by atoms with Gasteiger partial charge in [-0.25, -0.2) is 0 Å². The predicted octanol–water partition coefficient (Wildman–Crippen LogP) is 3.69. The molecule has 18 heavy (non-hydrogen) atoms. The number of methoxy groups -OCH3 is 1. The first kappa shape index (κ1) is 12.9. The van der Waals surface area contributed by atoms with Gasteiger partial charge in [-0.3, -0.25) is 4.90 Å². The van der Waals surface area contributed by atoms with E-state index >= 15 is 0 Å². The quantitative estimate of drug-likeness (QED) is 0.794. The lowest BCUT2D eigenvalue weighted by molar-refractivity contribution is 0.296. The Kier molecular flexibility index (Phi) is 4.21. The van der Waals surface area contributed by atoms with Crippen LogP contribution in [0.5, 0.6) is 5.75 Å².